The van der Waals surface area contributed by atoms with Gasteiger partial charge in [-0.1, -0.05) is 13.0 Å². The summed E-state index contributed by atoms with van der Waals surface area (Å²) in [6, 6.07) is 11.7. The Bertz CT molecular complexity index is 895. The first kappa shape index (κ1) is 18.7. The van der Waals surface area contributed by atoms with Crippen LogP contribution in [-0.2, 0) is 6.42 Å². The van der Waals surface area contributed by atoms with E-state index in [0.29, 0.717) is 11.8 Å². The van der Waals surface area contributed by atoms with Crippen LogP contribution in [-0.4, -0.2) is 19.6 Å². The van der Waals surface area contributed by atoms with E-state index in [0.717, 1.165) is 31.4 Å². The van der Waals surface area contributed by atoms with E-state index >= 15 is 0 Å². The molecule has 4 rings (SSSR count). The molecule has 0 spiro atoms. The molecule has 28 heavy (non-hydrogen) atoms. The predicted octanol–water partition coefficient (Wildman–Crippen LogP) is 4.87. The van der Waals surface area contributed by atoms with Gasteiger partial charge in [0.1, 0.15) is 5.75 Å². The number of anilines is 1. The third-order valence-electron chi connectivity index (χ3n) is 5.72. The van der Waals surface area contributed by atoms with E-state index in [9.17, 15) is 4.39 Å². The summed E-state index contributed by atoms with van der Waals surface area (Å²) in [6.07, 6.45) is 5.11. The zero-order valence-electron chi connectivity index (χ0n) is 16.8. The minimum atomic E-state index is -0.339. The second kappa shape index (κ2) is 7.74. The van der Waals surface area contributed by atoms with Crippen LogP contribution in [0.15, 0.2) is 48.3 Å². The molecule has 0 saturated heterocycles. The Morgan fingerprint density at radius 3 is 2.89 bits per heavy atom. The molecule has 0 aromatic heterocycles. The standard InChI is InChI=1S/C23H28FN3O/c1-4-18-13-19(14-25-18)26-15(2)16-5-8-23(21(24)12-16)28-20-6-7-22-17(11-20)9-10-27(22)3/h5-8,11-12,14-15,18,25-26H,4,9-10,13H2,1-3H3. The fraction of sp³-hybridized carbons (Fsp3) is 0.391. The maximum atomic E-state index is 14.7. The van der Waals surface area contributed by atoms with Crippen LogP contribution in [0.2, 0.25) is 0 Å². The van der Waals surface area contributed by atoms with E-state index in [1.807, 2.05) is 37.4 Å². The maximum Gasteiger partial charge on any atom is 0.166 e. The van der Waals surface area contributed by atoms with Gasteiger partial charge in [0.2, 0.25) is 0 Å². The van der Waals surface area contributed by atoms with Crippen molar-refractivity contribution in [3.05, 3.63) is 65.2 Å². The topological polar surface area (TPSA) is 36.5 Å². The number of nitrogens with one attached hydrogen (secondary N) is 2. The molecule has 0 saturated carbocycles. The largest absolute Gasteiger partial charge is 0.454 e. The summed E-state index contributed by atoms with van der Waals surface area (Å²) in [6.45, 7) is 5.23. The zero-order valence-corrected chi connectivity index (χ0v) is 16.8. The highest BCUT2D eigenvalue weighted by molar-refractivity contribution is 5.60. The molecule has 5 heteroatoms. The maximum absolute atomic E-state index is 14.7. The second-order valence-electron chi connectivity index (χ2n) is 7.77. The molecule has 2 aromatic rings. The molecule has 0 amide bonds. The van der Waals surface area contributed by atoms with E-state index in [1.165, 1.54) is 16.9 Å². The van der Waals surface area contributed by atoms with E-state index in [1.54, 1.807) is 12.1 Å². The van der Waals surface area contributed by atoms with Crippen molar-refractivity contribution < 1.29 is 9.13 Å². The lowest BCUT2D eigenvalue weighted by molar-refractivity contribution is 0.440. The molecule has 2 aromatic carbocycles. The molecule has 148 valence electrons. The Balaban J connectivity index is 1.43. The minimum Gasteiger partial charge on any atom is -0.454 e. The van der Waals surface area contributed by atoms with E-state index < -0.39 is 0 Å². The van der Waals surface area contributed by atoms with Gasteiger partial charge in [0.05, 0.1) is 0 Å². The van der Waals surface area contributed by atoms with Crippen LogP contribution in [0.1, 0.15) is 43.9 Å². The van der Waals surface area contributed by atoms with Gasteiger partial charge in [-0.25, -0.2) is 4.39 Å². The van der Waals surface area contributed by atoms with Crippen molar-refractivity contribution >= 4 is 5.69 Å². The molecule has 2 aliphatic rings. The Hall–Kier alpha value is -2.69. The van der Waals surface area contributed by atoms with Crippen LogP contribution in [0, 0.1) is 5.82 Å². The molecular formula is C23H28FN3O. The molecule has 2 atom stereocenters. The average molecular weight is 381 g/mol. The van der Waals surface area contributed by atoms with Gasteiger partial charge in [0.15, 0.2) is 11.6 Å². The SMILES string of the molecule is CCC1CC(NC(C)c2ccc(Oc3ccc4c(c3)CCN4C)c(F)c2)=CN1. The predicted molar refractivity (Wildman–Crippen MR) is 111 cm³/mol. The molecule has 0 aliphatic carbocycles. The smallest absolute Gasteiger partial charge is 0.166 e. The van der Waals surface area contributed by atoms with Gasteiger partial charge >= 0.3 is 0 Å². The van der Waals surface area contributed by atoms with Gasteiger partial charge in [0.25, 0.3) is 0 Å². The van der Waals surface area contributed by atoms with Crippen molar-refractivity contribution in [3.8, 4) is 11.5 Å². The molecule has 0 bridgehead atoms. The summed E-state index contributed by atoms with van der Waals surface area (Å²) in [7, 11) is 2.08. The van der Waals surface area contributed by atoms with Crippen molar-refractivity contribution in [2.75, 3.05) is 18.5 Å². The lowest BCUT2D eigenvalue weighted by atomic mass is 10.1. The van der Waals surface area contributed by atoms with E-state index in [4.69, 9.17) is 4.74 Å². The fourth-order valence-corrected chi connectivity index (χ4v) is 3.93. The van der Waals surface area contributed by atoms with Gasteiger partial charge in [0, 0.05) is 49.7 Å². The van der Waals surface area contributed by atoms with Crippen LogP contribution in [0.4, 0.5) is 10.1 Å². The number of halogens is 1. The normalized spacial score (nSPS) is 19.1. The molecule has 2 aliphatic heterocycles. The van der Waals surface area contributed by atoms with Crippen molar-refractivity contribution in [2.45, 2.75) is 45.2 Å². The first-order chi connectivity index (χ1) is 13.5. The highest BCUT2D eigenvalue weighted by atomic mass is 19.1. The van der Waals surface area contributed by atoms with Crippen molar-refractivity contribution in [3.63, 3.8) is 0 Å². The Morgan fingerprint density at radius 1 is 1.29 bits per heavy atom. The third-order valence-corrected chi connectivity index (χ3v) is 5.72. The minimum absolute atomic E-state index is 0.0303. The molecule has 4 nitrogen and oxygen atoms in total. The average Bonchev–Trinajstić information content (AvgIpc) is 3.29. The van der Waals surface area contributed by atoms with Crippen LogP contribution in [0.5, 0.6) is 11.5 Å². The lowest BCUT2D eigenvalue weighted by Gasteiger charge is -2.18. The zero-order chi connectivity index (χ0) is 19.7. The van der Waals surface area contributed by atoms with Crippen molar-refractivity contribution in [1.29, 1.82) is 0 Å². The summed E-state index contributed by atoms with van der Waals surface area (Å²) >= 11 is 0. The van der Waals surface area contributed by atoms with Crippen LogP contribution in [0.3, 0.4) is 0 Å². The third kappa shape index (κ3) is 3.79. The van der Waals surface area contributed by atoms with Crippen LogP contribution in [0.25, 0.3) is 0 Å². The van der Waals surface area contributed by atoms with Gasteiger partial charge < -0.3 is 20.3 Å². The van der Waals surface area contributed by atoms with Crippen LogP contribution >= 0.6 is 0 Å². The summed E-state index contributed by atoms with van der Waals surface area (Å²) in [5, 5.41) is 6.83. The van der Waals surface area contributed by atoms with E-state index in [2.05, 4.69) is 29.5 Å². The number of rotatable bonds is 6. The number of likely N-dealkylation sites (N-methyl/N-ethyl adjacent to an activating group) is 1. The summed E-state index contributed by atoms with van der Waals surface area (Å²) < 4.78 is 20.5. The number of benzene rings is 2. The molecule has 2 N–H and O–H groups in total. The second-order valence-corrected chi connectivity index (χ2v) is 7.77. The number of hydrogen-bond acceptors (Lipinski definition) is 4. The molecule has 2 heterocycles. The molecule has 0 fully saturated rings. The lowest BCUT2D eigenvalue weighted by Crippen LogP contribution is -2.20. The van der Waals surface area contributed by atoms with Gasteiger partial charge in [-0.05, 0) is 61.2 Å². The fourth-order valence-electron chi connectivity index (χ4n) is 3.93. The molecule has 2 unspecified atom stereocenters. The highest BCUT2D eigenvalue weighted by Gasteiger charge is 2.19. The monoisotopic (exact) mass is 381 g/mol. The Labute approximate surface area is 166 Å². The Morgan fingerprint density at radius 2 is 2.14 bits per heavy atom. The summed E-state index contributed by atoms with van der Waals surface area (Å²) in [5.74, 6) is 0.600. The number of fused-ring (bicyclic) bond motifs is 1. The Kier molecular flexibility index (Phi) is 5.16. The van der Waals surface area contributed by atoms with Gasteiger partial charge in [-0.15, -0.1) is 0 Å². The number of ether oxygens (including phenoxy) is 1. The quantitative estimate of drug-likeness (QED) is 0.748. The van der Waals surface area contributed by atoms with E-state index in [-0.39, 0.29) is 17.6 Å². The van der Waals surface area contributed by atoms with Gasteiger partial charge in [-0.3, -0.25) is 0 Å². The van der Waals surface area contributed by atoms with Gasteiger partial charge in [-0.2, -0.15) is 0 Å². The summed E-state index contributed by atoms with van der Waals surface area (Å²) in [4.78, 5) is 2.22. The highest BCUT2D eigenvalue weighted by Crippen LogP contribution is 2.33. The van der Waals surface area contributed by atoms with Crippen molar-refractivity contribution in [2.24, 2.45) is 0 Å². The van der Waals surface area contributed by atoms with Crippen molar-refractivity contribution in [1.82, 2.24) is 10.6 Å². The first-order valence-corrected chi connectivity index (χ1v) is 10.1. The molecular weight excluding hydrogens is 353 g/mol. The number of nitrogens with zero attached hydrogens (tertiary/aromatic N) is 1. The number of hydrogen-bond donors (Lipinski definition) is 2. The first-order valence-electron chi connectivity index (χ1n) is 10.1. The molecule has 0 radical (unpaired) electrons. The summed E-state index contributed by atoms with van der Waals surface area (Å²) in [5.41, 5.74) is 4.55. The van der Waals surface area contributed by atoms with Crippen LogP contribution < -0.4 is 20.3 Å².